The molecule has 2 fully saturated rings. The molecule has 16 heavy (non-hydrogen) atoms. The zero-order valence-corrected chi connectivity index (χ0v) is 10.4. The van der Waals surface area contributed by atoms with Crippen LogP contribution in [0.3, 0.4) is 0 Å². The van der Waals surface area contributed by atoms with Crippen LogP contribution >= 0.6 is 0 Å². The van der Waals surface area contributed by atoms with Crippen molar-refractivity contribution in [2.75, 3.05) is 19.8 Å². The summed E-state index contributed by atoms with van der Waals surface area (Å²) in [7, 11) is 0. The highest BCUT2D eigenvalue weighted by Gasteiger charge is 2.31. The van der Waals surface area contributed by atoms with E-state index >= 15 is 0 Å². The van der Waals surface area contributed by atoms with Crippen LogP contribution in [0.4, 0.5) is 0 Å². The number of hydrogen-bond donors (Lipinski definition) is 2. The predicted octanol–water partition coefficient (Wildman–Crippen LogP) is 1.70. The number of aliphatic hydroxyl groups excluding tert-OH is 1. The topological polar surface area (TPSA) is 41.5 Å². The van der Waals surface area contributed by atoms with Gasteiger partial charge in [-0.3, -0.25) is 0 Å². The summed E-state index contributed by atoms with van der Waals surface area (Å²) in [4.78, 5) is 0. The number of nitrogens with one attached hydrogen (secondary N) is 1. The second kappa shape index (κ2) is 5.48. The van der Waals surface area contributed by atoms with Crippen molar-refractivity contribution >= 4 is 0 Å². The molecule has 0 bridgehead atoms. The molecule has 0 saturated heterocycles. The summed E-state index contributed by atoms with van der Waals surface area (Å²) < 4.78 is 5.61. The Morgan fingerprint density at radius 3 is 2.62 bits per heavy atom. The molecule has 0 aliphatic heterocycles. The van der Waals surface area contributed by atoms with Crippen LogP contribution in [0, 0.1) is 5.92 Å². The smallest absolute Gasteiger partial charge is 0.0610 e. The molecule has 2 N–H and O–H groups in total. The summed E-state index contributed by atoms with van der Waals surface area (Å²) in [6, 6.07) is 0.657. The van der Waals surface area contributed by atoms with Crippen molar-refractivity contribution in [3.63, 3.8) is 0 Å². The molecule has 0 radical (unpaired) electrons. The highest BCUT2D eigenvalue weighted by atomic mass is 16.5. The minimum Gasteiger partial charge on any atom is -0.394 e. The van der Waals surface area contributed by atoms with Gasteiger partial charge in [-0.05, 0) is 51.4 Å². The summed E-state index contributed by atoms with van der Waals surface area (Å²) >= 11 is 0. The van der Waals surface area contributed by atoms with Gasteiger partial charge < -0.3 is 15.2 Å². The van der Waals surface area contributed by atoms with Gasteiger partial charge >= 0.3 is 0 Å². The fraction of sp³-hybridized carbons (Fsp3) is 1.00. The van der Waals surface area contributed by atoms with E-state index in [-0.39, 0.29) is 12.1 Å². The van der Waals surface area contributed by atoms with Gasteiger partial charge in [0, 0.05) is 24.8 Å². The predicted molar refractivity (Wildman–Crippen MR) is 64.4 cm³/mol. The molecular formula is C13H25NO2. The Labute approximate surface area is 98.6 Å². The van der Waals surface area contributed by atoms with Crippen LogP contribution in [0.2, 0.25) is 0 Å². The van der Waals surface area contributed by atoms with E-state index in [2.05, 4.69) is 12.2 Å². The number of rotatable bonds is 9. The SMILES string of the molecule is CC(CO)(CCCOCC1CC1)NC1CC1. The molecule has 3 nitrogen and oxygen atoms in total. The van der Waals surface area contributed by atoms with E-state index in [4.69, 9.17) is 4.74 Å². The molecule has 1 unspecified atom stereocenters. The van der Waals surface area contributed by atoms with Gasteiger partial charge in [0.05, 0.1) is 6.61 Å². The van der Waals surface area contributed by atoms with Crippen molar-refractivity contribution in [3.8, 4) is 0 Å². The first-order valence-corrected chi connectivity index (χ1v) is 6.68. The largest absolute Gasteiger partial charge is 0.394 e. The fourth-order valence-corrected chi connectivity index (χ4v) is 2.02. The van der Waals surface area contributed by atoms with Crippen molar-refractivity contribution in [2.24, 2.45) is 5.92 Å². The van der Waals surface area contributed by atoms with E-state index < -0.39 is 0 Å². The molecule has 2 saturated carbocycles. The molecule has 1 atom stereocenters. The molecule has 0 spiro atoms. The Morgan fingerprint density at radius 1 is 1.31 bits per heavy atom. The normalized spacial score (nSPS) is 24.4. The van der Waals surface area contributed by atoms with Crippen LogP contribution in [0.1, 0.15) is 45.4 Å². The molecule has 94 valence electrons. The molecule has 3 heteroatoms. The molecule has 0 heterocycles. The van der Waals surface area contributed by atoms with Crippen molar-refractivity contribution in [1.29, 1.82) is 0 Å². The molecule has 0 amide bonds. The van der Waals surface area contributed by atoms with Gasteiger partial charge in [-0.2, -0.15) is 0 Å². The quantitative estimate of drug-likeness (QED) is 0.589. The second-order valence-electron chi connectivity index (χ2n) is 5.76. The van der Waals surface area contributed by atoms with E-state index in [1.807, 2.05) is 0 Å². The van der Waals surface area contributed by atoms with E-state index in [0.717, 1.165) is 32.0 Å². The Bertz CT molecular complexity index is 214. The van der Waals surface area contributed by atoms with Crippen molar-refractivity contribution in [1.82, 2.24) is 5.32 Å². The first-order valence-electron chi connectivity index (χ1n) is 6.68. The zero-order valence-electron chi connectivity index (χ0n) is 10.4. The molecular weight excluding hydrogens is 202 g/mol. The van der Waals surface area contributed by atoms with Gasteiger partial charge in [0.2, 0.25) is 0 Å². The average molecular weight is 227 g/mol. The van der Waals surface area contributed by atoms with Gasteiger partial charge in [0.15, 0.2) is 0 Å². The standard InChI is InChI=1S/C13H25NO2/c1-13(10-15,14-12-5-6-12)7-2-8-16-9-11-3-4-11/h11-12,14-15H,2-10H2,1H3. The van der Waals surface area contributed by atoms with Crippen LogP contribution in [0.5, 0.6) is 0 Å². The van der Waals surface area contributed by atoms with Gasteiger partial charge in [0.1, 0.15) is 0 Å². The third-order valence-electron chi connectivity index (χ3n) is 3.55. The van der Waals surface area contributed by atoms with Crippen LogP contribution < -0.4 is 5.32 Å². The Morgan fingerprint density at radius 2 is 2.06 bits per heavy atom. The maximum absolute atomic E-state index is 9.41. The number of aliphatic hydroxyl groups is 1. The highest BCUT2D eigenvalue weighted by Crippen LogP contribution is 2.29. The second-order valence-corrected chi connectivity index (χ2v) is 5.76. The van der Waals surface area contributed by atoms with Crippen LogP contribution in [0.25, 0.3) is 0 Å². The molecule has 0 aromatic rings. The lowest BCUT2D eigenvalue weighted by Gasteiger charge is -2.29. The summed E-state index contributed by atoms with van der Waals surface area (Å²) in [5.74, 6) is 0.855. The molecule has 2 aliphatic carbocycles. The highest BCUT2D eigenvalue weighted by molar-refractivity contribution is 4.92. The minimum absolute atomic E-state index is 0.0931. The van der Waals surface area contributed by atoms with Gasteiger partial charge in [-0.1, -0.05) is 0 Å². The molecule has 0 aromatic carbocycles. The lowest BCUT2D eigenvalue weighted by atomic mass is 9.97. The monoisotopic (exact) mass is 227 g/mol. The van der Waals surface area contributed by atoms with E-state index in [1.165, 1.54) is 25.7 Å². The van der Waals surface area contributed by atoms with Crippen LogP contribution in [0.15, 0.2) is 0 Å². The van der Waals surface area contributed by atoms with Crippen molar-refractivity contribution < 1.29 is 9.84 Å². The Hall–Kier alpha value is -0.120. The third kappa shape index (κ3) is 4.40. The summed E-state index contributed by atoms with van der Waals surface area (Å²) in [5.41, 5.74) is -0.0931. The number of ether oxygens (including phenoxy) is 1. The first-order chi connectivity index (χ1) is 7.72. The van der Waals surface area contributed by atoms with Crippen molar-refractivity contribution in [3.05, 3.63) is 0 Å². The summed E-state index contributed by atoms with van der Waals surface area (Å²) in [6.07, 6.45) is 7.31. The maximum Gasteiger partial charge on any atom is 0.0610 e. The first kappa shape index (κ1) is 12.3. The van der Waals surface area contributed by atoms with Crippen LogP contribution in [-0.2, 0) is 4.74 Å². The lowest BCUT2D eigenvalue weighted by molar-refractivity contribution is 0.103. The zero-order chi connectivity index (χ0) is 11.4. The third-order valence-corrected chi connectivity index (χ3v) is 3.55. The van der Waals surface area contributed by atoms with Crippen LogP contribution in [-0.4, -0.2) is 36.5 Å². The molecule has 2 rings (SSSR count). The Kier molecular flexibility index (Phi) is 4.22. The molecule has 2 aliphatic rings. The lowest BCUT2D eigenvalue weighted by Crippen LogP contribution is -2.47. The molecule has 0 aromatic heterocycles. The van der Waals surface area contributed by atoms with E-state index in [0.29, 0.717) is 6.04 Å². The summed E-state index contributed by atoms with van der Waals surface area (Å²) in [5, 5.41) is 12.9. The number of hydrogen-bond acceptors (Lipinski definition) is 3. The Balaban J connectivity index is 1.53. The van der Waals surface area contributed by atoms with Crippen molar-refractivity contribution in [2.45, 2.75) is 57.0 Å². The van der Waals surface area contributed by atoms with Gasteiger partial charge in [-0.25, -0.2) is 0 Å². The average Bonchev–Trinajstić information content (AvgIpc) is 3.11. The van der Waals surface area contributed by atoms with Gasteiger partial charge in [-0.15, -0.1) is 0 Å². The fourth-order valence-electron chi connectivity index (χ4n) is 2.02. The van der Waals surface area contributed by atoms with E-state index in [1.54, 1.807) is 0 Å². The maximum atomic E-state index is 9.41. The minimum atomic E-state index is -0.0931. The van der Waals surface area contributed by atoms with E-state index in [9.17, 15) is 5.11 Å². The van der Waals surface area contributed by atoms with Gasteiger partial charge in [0.25, 0.3) is 0 Å². The summed E-state index contributed by atoms with van der Waals surface area (Å²) in [6.45, 7) is 4.14.